The Morgan fingerprint density at radius 2 is 1.81 bits per heavy atom. The lowest BCUT2D eigenvalue weighted by Gasteiger charge is -2.59. The predicted molar refractivity (Wildman–Crippen MR) is 107 cm³/mol. The van der Waals surface area contributed by atoms with Gasteiger partial charge < -0.3 is 15.3 Å². The van der Waals surface area contributed by atoms with E-state index in [-0.39, 0.29) is 5.41 Å². The normalized spacial score (nSPS) is 35.3. The third-order valence-corrected chi connectivity index (χ3v) is 7.39. The molecule has 4 atom stereocenters. The van der Waals surface area contributed by atoms with Crippen molar-refractivity contribution in [3.8, 4) is 5.75 Å². The van der Waals surface area contributed by atoms with Crippen LogP contribution < -0.4 is 0 Å². The molecule has 3 heteroatoms. The van der Waals surface area contributed by atoms with Gasteiger partial charge in [0.15, 0.2) is 0 Å². The number of aromatic hydroxyl groups is 1. The fourth-order valence-corrected chi connectivity index (χ4v) is 5.84. The average molecular weight is 367 g/mol. The summed E-state index contributed by atoms with van der Waals surface area (Å²) in [7, 11) is 0. The van der Waals surface area contributed by atoms with Crippen molar-refractivity contribution in [3.05, 3.63) is 65.2 Å². The molecule has 1 fully saturated rings. The molecule has 2 aliphatic rings. The van der Waals surface area contributed by atoms with E-state index in [4.69, 9.17) is 0 Å². The average Bonchev–Trinajstić information content (AvgIpc) is 2.63. The summed E-state index contributed by atoms with van der Waals surface area (Å²) in [4.78, 5) is 0. The predicted octanol–water partition coefficient (Wildman–Crippen LogP) is 4.12. The van der Waals surface area contributed by atoms with E-state index in [1.807, 2.05) is 42.5 Å². The van der Waals surface area contributed by atoms with Crippen molar-refractivity contribution in [1.82, 2.24) is 0 Å². The first-order chi connectivity index (χ1) is 12.8. The first-order valence-corrected chi connectivity index (χ1v) is 10.1. The molecule has 3 nitrogen and oxygen atoms in total. The fraction of sp³-hybridized carbons (Fsp3) is 0.500. The van der Waals surface area contributed by atoms with Gasteiger partial charge in [-0.05, 0) is 73.8 Å². The monoisotopic (exact) mass is 366 g/mol. The second-order valence-corrected chi connectivity index (χ2v) is 8.94. The summed E-state index contributed by atoms with van der Waals surface area (Å²) in [5.74, 6) is 0.634. The van der Waals surface area contributed by atoms with Crippen LogP contribution in [0.1, 0.15) is 56.2 Å². The molecule has 0 radical (unpaired) electrons. The van der Waals surface area contributed by atoms with Gasteiger partial charge in [-0.3, -0.25) is 0 Å². The molecule has 0 heterocycles. The summed E-state index contributed by atoms with van der Waals surface area (Å²) in [6.07, 6.45) is 4.44. The summed E-state index contributed by atoms with van der Waals surface area (Å²) >= 11 is 0. The Kier molecular flexibility index (Phi) is 4.36. The van der Waals surface area contributed by atoms with Gasteiger partial charge in [0.05, 0.1) is 11.2 Å². The van der Waals surface area contributed by atoms with Gasteiger partial charge in [-0.25, -0.2) is 0 Å². The molecule has 0 bridgehead atoms. The van der Waals surface area contributed by atoms with E-state index in [2.05, 4.69) is 6.92 Å². The highest BCUT2D eigenvalue weighted by Crippen LogP contribution is 2.58. The maximum absolute atomic E-state index is 11.6. The molecule has 0 amide bonds. The van der Waals surface area contributed by atoms with Crippen molar-refractivity contribution < 1.29 is 15.3 Å². The van der Waals surface area contributed by atoms with Gasteiger partial charge in [-0.15, -0.1) is 0 Å². The summed E-state index contributed by atoms with van der Waals surface area (Å²) in [5, 5.41) is 33.0. The minimum Gasteiger partial charge on any atom is -0.508 e. The van der Waals surface area contributed by atoms with Crippen LogP contribution in [0.25, 0.3) is 0 Å². The van der Waals surface area contributed by atoms with Crippen LogP contribution in [0.5, 0.6) is 5.75 Å². The van der Waals surface area contributed by atoms with E-state index in [1.165, 1.54) is 11.1 Å². The third-order valence-electron chi connectivity index (χ3n) is 7.39. The number of aliphatic hydroxyl groups is 2. The number of hydrogen-bond acceptors (Lipinski definition) is 3. The van der Waals surface area contributed by atoms with Crippen LogP contribution in [-0.4, -0.2) is 26.5 Å². The number of hydrogen-bond donors (Lipinski definition) is 3. The first kappa shape index (κ1) is 18.5. The molecule has 27 heavy (non-hydrogen) atoms. The topological polar surface area (TPSA) is 60.7 Å². The van der Waals surface area contributed by atoms with E-state index < -0.39 is 11.2 Å². The van der Waals surface area contributed by atoms with E-state index in [9.17, 15) is 15.3 Å². The highest BCUT2D eigenvalue weighted by Gasteiger charge is 2.60. The summed E-state index contributed by atoms with van der Waals surface area (Å²) in [6, 6.07) is 15.7. The third kappa shape index (κ3) is 2.88. The second kappa shape index (κ2) is 6.35. The second-order valence-electron chi connectivity index (χ2n) is 8.94. The van der Waals surface area contributed by atoms with Crippen LogP contribution in [0.4, 0.5) is 0 Å². The number of phenolic OH excluding ortho intramolecular Hbond substituents is 1. The molecule has 4 rings (SSSR count). The van der Waals surface area contributed by atoms with Crippen molar-refractivity contribution in [2.75, 3.05) is 0 Å². The quantitative estimate of drug-likeness (QED) is 0.766. The molecule has 0 aromatic heterocycles. The van der Waals surface area contributed by atoms with Crippen molar-refractivity contribution in [1.29, 1.82) is 0 Å². The zero-order chi connectivity index (χ0) is 19.3. The van der Waals surface area contributed by atoms with Gasteiger partial charge in [0.2, 0.25) is 0 Å². The van der Waals surface area contributed by atoms with Crippen molar-refractivity contribution in [3.63, 3.8) is 0 Å². The molecule has 2 aliphatic carbocycles. The lowest BCUT2D eigenvalue weighted by molar-refractivity contribution is -0.198. The first-order valence-electron chi connectivity index (χ1n) is 10.1. The van der Waals surface area contributed by atoms with Gasteiger partial charge in [0.1, 0.15) is 5.75 Å². The molecule has 3 N–H and O–H groups in total. The van der Waals surface area contributed by atoms with Gasteiger partial charge in [0, 0.05) is 11.8 Å². The Balaban J connectivity index is 1.74. The van der Waals surface area contributed by atoms with Gasteiger partial charge in [-0.1, -0.05) is 43.3 Å². The molecular weight excluding hydrogens is 336 g/mol. The Bertz CT molecular complexity index is 829. The largest absolute Gasteiger partial charge is 0.508 e. The van der Waals surface area contributed by atoms with E-state index in [0.29, 0.717) is 30.9 Å². The zero-order valence-corrected chi connectivity index (χ0v) is 16.3. The number of fused-ring (bicyclic) bond motifs is 3. The maximum atomic E-state index is 11.6. The Hall–Kier alpha value is -1.84. The zero-order valence-electron chi connectivity index (χ0n) is 16.3. The molecule has 0 aliphatic heterocycles. The van der Waals surface area contributed by atoms with Crippen LogP contribution in [0.3, 0.4) is 0 Å². The molecule has 144 valence electrons. The molecule has 0 unspecified atom stereocenters. The smallest absolute Gasteiger partial charge is 0.115 e. The molecule has 2 aromatic rings. The summed E-state index contributed by atoms with van der Waals surface area (Å²) in [5.41, 5.74) is 1.05. The van der Waals surface area contributed by atoms with Gasteiger partial charge >= 0.3 is 0 Å². The Morgan fingerprint density at radius 1 is 1.07 bits per heavy atom. The number of rotatable bonds is 3. The van der Waals surface area contributed by atoms with E-state index in [0.717, 1.165) is 24.8 Å². The van der Waals surface area contributed by atoms with Crippen LogP contribution in [-0.2, 0) is 18.3 Å². The van der Waals surface area contributed by atoms with E-state index >= 15 is 0 Å². The highest BCUT2D eigenvalue weighted by molar-refractivity contribution is 5.44. The van der Waals surface area contributed by atoms with Crippen LogP contribution in [0.15, 0.2) is 48.5 Å². The molecule has 2 aromatic carbocycles. The number of benzene rings is 2. The number of aryl methyl sites for hydroxylation is 1. The van der Waals surface area contributed by atoms with Crippen LogP contribution in [0.2, 0.25) is 0 Å². The highest BCUT2D eigenvalue weighted by atomic mass is 16.4. The van der Waals surface area contributed by atoms with Crippen LogP contribution in [0, 0.1) is 5.92 Å². The van der Waals surface area contributed by atoms with Gasteiger partial charge in [-0.2, -0.15) is 0 Å². The molecular formula is C24H30O3. The maximum Gasteiger partial charge on any atom is 0.115 e. The van der Waals surface area contributed by atoms with Crippen molar-refractivity contribution >= 4 is 0 Å². The Labute approximate surface area is 161 Å². The van der Waals surface area contributed by atoms with Crippen molar-refractivity contribution in [2.24, 2.45) is 5.92 Å². The lowest BCUT2D eigenvalue weighted by Crippen LogP contribution is -2.64. The lowest BCUT2D eigenvalue weighted by atomic mass is 9.49. The summed E-state index contributed by atoms with van der Waals surface area (Å²) < 4.78 is 0. The van der Waals surface area contributed by atoms with Crippen LogP contribution >= 0.6 is 0 Å². The minimum atomic E-state index is -1.18. The number of phenols is 1. The SMILES string of the molecule is CC[C@@]12C[C@@](C)(O)[C@](O)(Cc3ccccc3)C[C@H]1CCc1cc(O)ccc12. The molecule has 0 saturated heterocycles. The van der Waals surface area contributed by atoms with E-state index in [1.54, 1.807) is 13.0 Å². The van der Waals surface area contributed by atoms with Gasteiger partial charge in [0.25, 0.3) is 0 Å². The summed E-state index contributed by atoms with van der Waals surface area (Å²) in [6.45, 7) is 3.99. The standard InChI is InChI=1S/C24H30O3/c1-3-23-16-22(2,26)24(27,14-17-7-5-4-6-8-17)15-19(23)10-9-18-13-20(25)11-12-21(18)23/h4-8,11-13,19,25-27H,3,9-10,14-16H2,1-2H3/t19-,22-,23-,24+/m1/s1. The minimum absolute atomic E-state index is 0.145. The Morgan fingerprint density at radius 3 is 2.52 bits per heavy atom. The van der Waals surface area contributed by atoms with Crippen molar-refractivity contribution in [2.45, 2.75) is 69.0 Å². The molecule has 1 saturated carbocycles. The fourth-order valence-electron chi connectivity index (χ4n) is 5.84. The molecule has 0 spiro atoms.